The van der Waals surface area contributed by atoms with E-state index < -0.39 is 0 Å². The van der Waals surface area contributed by atoms with Crippen molar-refractivity contribution in [1.82, 2.24) is 25.0 Å². The van der Waals surface area contributed by atoms with Crippen LogP contribution in [0, 0.1) is 6.92 Å². The Labute approximate surface area is 139 Å². The van der Waals surface area contributed by atoms with Gasteiger partial charge in [-0.05, 0) is 32.7 Å². The summed E-state index contributed by atoms with van der Waals surface area (Å²) >= 11 is 1.49. The Morgan fingerprint density at radius 2 is 2.17 bits per heavy atom. The molecule has 2 aromatic rings. The predicted octanol–water partition coefficient (Wildman–Crippen LogP) is 1.82. The summed E-state index contributed by atoms with van der Waals surface area (Å²) < 4.78 is 1.76. The summed E-state index contributed by atoms with van der Waals surface area (Å²) in [6.07, 6.45) is 7.02. The van der Waals surface area contributed by atoms with Crippen LogP contribution in [0.4, 0.5) is 0 Å². The standard InChI is InChI=1S/C16H21N5OS/c1-10-14(23-15(19-10)11-7-18-20(2)9-11)16(22)21-12-3-4-13(21)8-17-6-5-12/h7,9,12-13,17H,3-6,8H2,1-2H3. The predicted molar refractivity (Wildman–Crippen MR) is 89.5 cm³/mol. The minimum absolute atomic E-state index is 0.159. The molecule has 7 heteroatoms. The fraction of sp³-hybridized carbons (Fsp3) is 0.562. The topological polar surface area (TPSA) is 63.1 Å². The lowest BCUT2D eigenvalue weighted by atomic mass is 10.1. The van der Waals surface area contributed by atoms with Crippen molar-refractivity contribution in [2.45, 2.75) is 38.3 Å². The van der Waals surface area contributed by atoms with Gasteiger partial charge in [-0.25, -0.2) is 4.98 Å². The highest BCUT2D eigenvalue weighted by Crippen LogP contribution is 2.33. The molecule has 1 amide bonds. The third-order valence-corrected chi connectivity index (χ3v) is 6.03. The molecule has 23 heavy (non-hydrogen) atoms. The van der Waals surface area contributed by atoms with Gasteiger partial charge in [0.2, 0.25) is 0 Å². The zero-order chi connectivity index (χ0) is 16.0. The lowest BCUT2D eigenvalue weighted by molar-refractivity contribution is 0.0684. The largest absolute Gasteiger partial charge is 0.331 e. The third kappa shape index (κ3) is 2.57. The van der Waals surface area contributed by atoms with Crippen molar-refractivity contribution in [3.05, 3.63) is 23.0 Å². The van der Waals surface area contributed by atoms with E-state index in [1.165, 1.54) is 11.3 Å². The second kappa shape index (κ2) is 5.72. The van der Waals surface area contributed by atoms with Crippen LogP contribution in [-0.4, -0.2) is 50.7 Å². The molecule has 2 unspecified atom stereocenters. The molecule has 2 bridgehead atoms. The first-order valence-corrected chi connectivity index (χ1v) is 8.95. The number of nitrogens with zero attached hydrogens (tertiary/aromatic N) is 4. The van der Waals surface area contributed by atoms with E-state index in [0.29, 0.717) is 12.1 Å². The fourth-order valence-corrected chi connectivity index (χ4v) is 4.67. The van der Waals surface area contributed by atoms with Crippen LogP contribution in [0.2, 0.25) is 0 Å². The Morgan fingerprint density at radius 1 is 1.35 bits per heavy atom. The maximum Gasteiger partial charge on any atom is 0.266 e. The summed E-state index contributed by atoms with van der Waals surface area (Å²) in [6.45, 7) is 3.85. The second-order valence-corrected chi connectivity index (χ2v) is 7.43. The van der Waals surface area contributed by atoms with Crippen LogP contribution in [0.15, 0.2) is 12.4 Å². The van der Waals surface area contributed by atoms with E-state index in [4.69, 9.17) is 0 Å². The monoisotopic (exact) mass is 331 g/mol. The first-order chi connectivity index (χ1) is 11.1. The fourth-order valence-electron chi connectivity index (χ4n) is 3.68. The zero-order valence-corrected chi connectivity index (χ0v) is 14.3. The van der Waals surface area contributed by atoms with Gasteiger partial charge in [-0.3, -0.25) is 9.48 Å². The molecule has 2 saturated heterocycles. The van der Waals surface area contributed by atoms with Crippen LogP contribution < -0.4 is 5.32 Å². The molecule has 6 nitrogen and oxygen atoms in total. The smallest absolute Gasteiger partial charge is 0.266 e. The molecule has 122 valence electrons. The van der Waals surface area contributed by atoms with E-state index in [1.807, 2.05) is 20.2 Å². The van der Waals surface area contributed by atoms with Crippen molar-refractivity contribution < 1.29 is 4.79 Å². The molecule has 4 rings (SSSR count). The molecular weight excluding hydrogens is 310 g/mol. The highest BCUT2D eigenvalue weighted by molar-refractivity contribution is 7.17. The van der Waals surface area contributed by atoms with Crippen LogP contribution in [0.25, 0.3) is 10.6 Å². The third-order valence-electron chi connectivity index (χ3n) is 4.83. The van der Waals surface area contributed by atoms with Crippen molar-refractivity contribution >= 4 is 17.2 Å². The number of amides is 1. The van der Waals surface area contributed by atoms with Crippen LogP contribution in [0.5, 0.6) is 0 Å². The minimum atomic E-state index is 0.159. The molecule has 0 radical (unpaired) electrons. The maximum atomic E-state index is 13.1. The summed E-state index contributed by atoms with van der Waals surface area (Å²) in [6, 6.07) is 0.712. The maximum absolute atomic E-state index is 13.1. The van der Waals surface area contributed by atoms with Crippen molar-refractivity contribution in [2.75, 3.05) is 13.1 Å². The normalized spacial score (nSPS) is 24.0. The van der Waals surface area contributed by atoms with Crippen LogP contribution in [0.3, 0.4) is 0 Å². The molecule has 0 aliphatic carbocycles. The summed E-state index contributed by atoms with van der Waals surface area (Å²) in [5, 5.41) is 8.51. The van der Waals surface area contributed by atoms with E-state index in [0.717, 1.165) is 53.5 Å². The summed E-state index contributed by atoms with van der Waals surface area (Å²) in [5.74, 6) is 0.159. The first kappa shape index (κ1) is 14.8. The van der Waals surface area contributed by atoms with Gasteiger partial charge in [0.25, 0.3) is 5.91 Å². The van der Waals surface area contributed by atoms with Gasteiger partial charge in [0, 0.05) is 37.4 Å². The highest BCUT2D eigenvalue weighted by Gasteiger charge is 2.39. The van der Waals surface area contributed by atoms with Crippen LogP contribution in [0.1, 0.15) is 34.6 Å². The number of aryl methyl sites for hydroxylation is 2. The number of carbonyl (C=O) groups is 1. The van der Waals surface area contributed by atoms with Gasteiger partial charge in [-0.2, -0.15) is 5.10 Å². The van der Waals surface area contributed by atoms with Gasteiger partial charge in [0.05, 0.1) is 11.9 Å². The molecule has 2 aliphatic rings. The molecule has 2 atom stereocenters. The van der Waals surface area contributed by atoms with Gasteiger partial charge in [-0.1, -0.05) is 0 Å². The van der Waals surface area contributed by atoms with Crippen LogP contribution in [-0.2, 0) is 7.05 Å². The Bertz CT molecular complexity index is 723. The SMILES string of the molecule is Cc1nc(-c2cnn(C)c2)sc1C(=O)N1C2CCNCC1CC2. The Hall–Kier alpha value is -1.73. The molecule has 2 aliphatic heterocycles. The molecule has 2 aromatic heterocycles. The number of aromatic nitrogens is 3. The van der Waals surface area contributed by atoms with E-state index in [9.17, 15) is 4.79 Å². The lowest BCUT2D eigenvalue weighted by Crippen LogP contribution is -2.42. The van der Waals surface area contributed by atoms with Gasteiger partial charge in [0.15, 0.2) is 0 Å². The molecule has 1 N–H and O–H groups in total. The quantitative estimate of drug-likeness (QED) is 0.912. The Morgan fingerprint density at radius 3 is 2.96 bits per heavy atom. The molecule has 0 spiro atoms. The second-order valence-electron chi connectivity index (χ2n) is 6.43. The Balaban J connectivity index is 1.65. The van der Waals surface area contributed by atoms with Gasteiger partial charge < -0.3 is 10.2 Å². The number of hydrogen-bond donors (Lipinski definition) is 1. The molecular formula is C16H21N5OS. The number of hydrogen-bond acceptors (Lipinski definition) is 5. The molecule has 0 saturated carbocycles. The number of fused-ring (bicyclic) bond motifs is 2. The zero-order valence-electron chi connectivity index (χ0n) is 13.5. The summed E-state index contributed by atoms with van der Waals surface area (Å²) in [5.41, 5.74) is 1.80. The van der Waals surface area contributed by atoms with Crippen molar-refractivity contribution in [1.29, 1.82) is 0 Å². The molecule has 0 aromatic carbocycles. The van der Waals surface area contributed by atoms with E-state index in [1.54, 1.807) is 10.9 Å². The van der Waals surface area contributed by atoms with E-state index in [2.05, 4.69) is 20.3 Å². The number of nitrogens with one attached hydrogen (secondary N) is 1. The first-order valence-electron chi connectivity index (χ1n) is 8.13. The van der Waals surface area contributed by atoms with E-state index in [-0.39, 0.29) is 5.91 Å². The summed E-state index contributed by atoms with van der Waals surface area (Å²) in [7, 11) is 1.89. The van der Waals surface area contributed by atoms with Gasteiger partial charge in [-0.15, -0.1) is 11.3 Å². The van der Waals surface area contributed by atoms with Crippen molar-refractivity contribution in [3.8, 4) is 10.6 Å². The Kier molecular flexibility index (Phi) is 3.69. The number of carbonyl (C=O) groups excluding carboxylic acids is 1. The lowest BCUT2D eigenvalue weighted by Gasteiger charge is -2.27. The highest BCUT2D eigenvalue weighted by atomic mass is 32.1. The van der Waals surface area contributed by atoms with E-state index >= 15 is 0 Å². The van der Waals surface area contributed by atoms with Crippen molar-refractivity contribution in [3.63, 3.8) is 0 Å². The van der Waals surface area contributed by atoms with Gasteiger partial charge in [0.1, 0.15) is 9.88 Å². The van der Waals surface area contributed by atoms with Gasteiger partial charge >= 0.3 is 0 Å². The van der Waals surface area contributed by atoms with Crippen molar-refractivity contribution in [2.24, 2.45) is 7.05 Å². The van der Waals surface area contributed by atoms with Crippen LogP contribution >= 0.6 is 11.3 Å². The summed E-state index contributed by atoms with van der Waals surface area (Å²) in [4.78, 5) is 20.6. The molecule has 2 fully saturated rings. The number of thiazole rings is 1. The average molecular weight is 331 g/mol. The number of rotatable bonds is 2. The molecule has 4 heterocycles. The minimum Gasteiger partial charge on any atom is -0.331 e. The average Bonchev–Trinajstić information content (AvgIpc) is 3.15.